The van der Waals surface area contributed by atoms with Crippen molar-refractivity contribution in [2.24, 2.45) is 0 Å². The fourth-order valence-corrected chi connectivity index (χ4v) is 2.28. The Hall–Kier alpha value is -2.46. The fraction of sp³-hybridized carbons (Fsp3) is 0.0625. The fourth-order valence-electron chi connectivity index (χ4n) is 2.08. The molecule has 2 aromatic carbocycles. The molecule has 0 amide bonds. The minimum absolute atomic E-state index is 0.126. The standard InChI is InChI=1S/C16H14ClN3O/c17-14-3-1-2-12(16(14)21)10-18-13-6-4-11(5-7-13)15-8-9-19-20-15/h1-9,18,21H,10H2,(H,19,20). The summed E-state index contributed by atoms with van der Waals surface area (Å²) in [5.74, 6) is 0.126. The van der Waals surface area contributed by atoms with Crippen LogP contribution >= 0.6 is 11.6 Å². The van der Waals surface area contributed by atoms with Gasteiger partial charge in [-0.15, -0.1) is 0 Å². The summed E-state index contributed by atoms with van der Waals surface area (Å²) >= 11 is 5.89. The molecule has 0 saturated heterocycles. The Morgan fingerprint density at radius 3 is 2.62 bits per heavy atom. The van der Waals surface area contributed by atoms with Gasteiger partial charge in [0.25, 0.3) is 0 Å². The third kappa shape index (κ3) is 3.01. The molecule has 1 heterocycles. The van der Waals surface area contributed by atoms with Crippen molar-refractivity contribution < 1.29 is 5.11 Å². The highest BCUT2D eigenvalue weighted by Gasteiger charge is 2.05. The molecule has 5 heteroatoms. The van der Waals surface area contributed by atoms with E-state index in [1.54, 1.807) is 12.3 Å². The smallest absolute Gasteiger partial charge is 0.139 e. The Balaban J connectivity index is 1.70. The van der Waals surface area contributed by atoms with Crippen LogP contribution in [0.5, 0.6) is 5.75 Å². The molecule has 0 bridgehead atoms. The summed E-state index contributed by atoms with van der Waals surface area (Å²) in [6.07, 6.45) is 1.73. The van der Waals surface area contributed by atoms with Gasteiger partial charge in [-0.05, 0) is 29.8 Å². The maximum Gasteiger partial charge on any atom is 0.139 e. The molecule has 21 heavy (non-hydrogen) atoms. The van der Waals surface area contributed by atoms with Crippen molar-refractivity contribution in [2.45, 2.75) is 6.54 Å². The summed E-state index contributed by atoms with van der Waals surface area (Å²) in [4.78, 5) is 0. The number of rotatable bonds is 4. The normalized spacial score (nSPS) is 10.5. The van der Waals surface area contributed by atoms with E-state index in [0.29, 0.717) is 11.6 Å². The number of para-hydroxylation sites is 1. The first kappa shape index (κ1) is 13.5. The van der Waals surface area contributed by atoms with Crippen LogP contribution in [0, 0.1) is 0 Å². The summed E-state index contributed by atoms with van der Waals surface area (Å²) in [6.45, 7) is 0.510. The van der Waals surface area contributed by atoms with Crippen LogP contribution in [-0.4, -0.2) is 15.3 Å². The van der Waals surface area contributed by atoms with E-state index in [2.05, 4.69) is 15.5 Å². The number of hydrogen-bond donors (Lipinski definition) is 3. The number of hydrogen-bond acceptors (Lipinski definition) is 3. The largest absolute Gasteiger partial charge is 0.506 e. The predicted octanol–water partition coefficient (Wildman–Crippen LogP) is 4.05. The molecule has 0 aliphatic heterocycles. The molecule has 0 spiro atoms. The van der Waals surface area contributed by atoms with Gasteiger partial charge < -0.3 is 10.4 Å². The van der Waals surface area contributed by atoms with Gasteiger partial charge in [-0.1, -0.05) is 35.9 Å². The van der Waals surface area contributed by atoms with Crippen molar-refractivity contribution in [1.29, 1.82) is 0 Å². The van der Waals surface area contributed by atoms with Gasteiger partial charge in [0, 0.05) is 24.0 Å². The molecule has 0 aliphatic carbocycles. The number of nitrogens with one attached hydrogen (secondary N) is 2. The van der Waals surface area contributed by atoms with Gasteiger partial charge in [0.2, 0.25) is 0 Å². The van der Waals surface area contributed by atoms with Crippen LogP contribution in [0.4, 0.5) is 5.69 Å². The zero-order valence-electron chi connectivity index (χ0n) is 11.2. The highest BCUT2D eigenvalue weighted by Crippen LogP contribution is 2.27. The van der Waals surface area contributed by atoms with Crippen LogP contribution in [-0.2, 0) is 6.54 Å². The maximum atomic E-state index is 9.86. The molecule has 1 aromatic heterocycles. The highest BCUT2D eigenvalue weighted by atomic mass is 35.5. The lowest BCUT2D eigenvalue weighted by Crippen LogP contribution is -1.99. The van der Waals surface area contributed by atoms with Gasteiger partial charge in [0.05, 0.1) is 10.7 Å². The second-order valence-electron chi connectivity index (χ2n) is 4.65. The van der Waals surface area contributed by atoms with Gasteiger partial charge in [0.15, 0.2) is 0 Å². The third-order valence-electron chi connectivity index (χ3n) is 3.25. The van der Waals surface area contributed by atoms with Crippen LogP contribution < -0.4 is 5.32 Å². The van der Waals surface area contributed by atoms with Crippen LogP contribution in [0.1, 0.15) is 5.56 Å². The molecule has 0 unspecified atom stereocenters. The quantitative estimate of drug-likeness (QED) is 0.681. The lowest BCUT2D eigenvalue weighted by molar-refractivity contribution is 0.469. The second-order valence-corrected chi connectivity index (χ2v) is 5.06. The first-order valence-electron chi connectivity index (χ1n) is 6.54. The Labute approximate surface area is 127 Å². The van der Waals surface area contributed by atoms with Crippen molar-refractivity contribution in [3.05, 3.63) is 65.3 Å². The lowest BCUT2D eigenvalue weighted by Gasteiger charge is -2.09. The third-order valence-corrected chi connectivity index (χ3v) is 3.55. The zero-order valence-corrected chi connectivity index (χ0v) is 11.9. The summed E-state index contributed by atoms with van der Waals surface area (Å²) in [5.41, 5.74) is 3.79. The van der Waals surface area contributed by atoms with E-state index in [1.807, 2.05) is 42.5 Å². The second kappa shape index (κ2) is 5.89. The predicted molar refractivity (Wildman–Crippen MR) is 84.5 cm³/mol. The number of halogens is 1. The maximum absolute atomic E-state index is 9.86. The number of H-pyrrole nitrogens is 1. The van der Waals surface area contributed by atoms with E-state index in [0.717, 1.165) is 22.5 Å². The van der Waals surface area contributed by atoms with Crippen LogP contribution in [0.15, 0.2) is 54.7 Å². The number of aromatic amines is 1. The van der Waals surface area contributed by atoms with E-state index < -0.39 is 0 Å². The molecule has 3 N–H and O–H groups in total. The topological polar surface area (TPSA) is 60.9 Å². The first-order valence-corrected chi connectivity index (χ1v) is 6.92. The summed E-state index contributed by atoms with van der Waals surface area (Å²) in [7, 11) is 0. The molecule has 0 fully saturated rings. The van der Waals surface area contributed by atoms with E-state index in [4.69, 9.17) is 11.6 Å². The molecular formula is C16H14ClN3O. The van der Waals surface area contributed by atoms with Crippen LogP contribution in [0.3, 0.4) is 0 Å². The Morgan fingerprint density at radius 2 is 1.90 bits per heavy atom. The van der Waals surface area contributed by atoms with E-state index in [9.17, 15) is 5.11 Å². The van der Waals surface area contributed by atoms with Crippen molar-refractivity contribution >= 4 is 17.3 Å². The van der Waals surface area contributed by atoms with E-state index in [1.165, 1.54) is 0 Å². The highest BCUT2D eigenvalue weighted by molar-refractivity contribution is 6.32. The Morgan fingerprint density at radius 1 is 1.10 bits per heavy atom. The molecule has 0 aliphatic rings. The number of phenolic OH excluding ortho intramolecular Hbond substituents is 1. The van der Waals surface area contributed by atoms with Crippen LogP contribution in [0.2, 0.25) is 5.02 Å². The molecule has 0 atom stereocenters. The van der Waals surface area contributed by atoms with Gasteiger partial charge in [-0.2, -0.15) is 5.10 Å². The van der Waals surface area contributed by atoms with Crippen LogP contribution in [0.25, 0.3) is 11.3 Å². The minimum Gasteiger partial charge on any atom is -0.506 e. The molecule has 106 valence electrons. The van der Waals surface area contributed by atoms with Gasteiger partial charge in [0.1, 0.15) is 5.75 Å². The monoisotopic (exact) mass is 299 g/mol. The Kier molecular flexibility index (Phi) is 3.79. The summed E-state index contributed by atoms with van der Waals surface area (Å²) in [5, 5.41) is 20.3. The van der Waals surface area contributed by atoms with Crippen molar-refractivity contribution in [2.75, 3.05) is 5.32 Å². The number of aromatic hydroxyl groups is 1. The number of anilines is 1. The minimum atomic E-state index is 0.126. The van der Waals surface area contributed by atoms with E-state index >= 15 is 0 Å². The number of phenols is 1. The average Bonchev–Trinajstić information content (AvgIpc) is 3.04. The zero-order chi connectivity index (χ0) is 14.7. The SMILES string of the molecule is Oc1c(Cl)cccc1CNc1ccc(-c2ccn[nH]2)cc1. The van der Waals surface area contributed by atoms with Crippen molar-refractivity contribution in [3.8, 4) is 17.0 Å². The average molecular weight is 300 g/mol. The van der Waals surface area contributed by atoms with Crippen molar-refractivity contribution in [1.82, 2.24) is 10.2 Å². The summed E-state index contributed by atoms with van der Waals surface area (Å²) in [6, 6.07) is 15.2. The number of nitrogens with zero attached hydrogens (tertiary/aromatic N) is 1. The molecular weight excluding hydrogens is 286 g/mol. The molecule has 3 aromatic rings. The molecule has 0 saturated carbocycles. The van der Waals surface area contributed by atoms with E-state index in [-0.39, 0.29) is 5.75 Å². The lowest BCUT2D eigenvalue weighted by atomic mass is 10.1. The van der Waals surface area contributed by atoms with Gasteiger partial charge >= 0.3 is 0 Å². The molecule has 3 rings (SSSR count). The number of benzene rings is 2. The Bertz CT molecular complexity index is 724. The molecule has 4 nitrogen and oxygen atoms in total. The molecule has 0 radical (unpaired) electrons. The van der Waals surface area contributed by atoms with Gasteiger partial charge in [-0.3, -0.25) is 5.10 Å². The first-order chi connectivity index (χ1) is 10.2. The van der Waals surface area contributed by atoms with Crippen molar-refractivity contribution in [3.63, 3.8) is 0 Å². The van der Waals surface area contributed by atoms with Gasteiger partial charge in [-0.25, -0.2) is 0 Å². The number of aromatic nitrogens is 2. The summed E-state index contributed by atoms with van der Waals surface area (Å²) < 4.78 is 0.